The summed E-state index contributed by atoms with van der Waals surface area (Å²) in [6, 6.07) is 14.2. The van der Waals surface area contributed by atoms with Crippen molar-refractivity contribution in [1.82, 2.24) is 9.88 Å². The largest absolute Gasteiger partial charge is 0.380 e. The second kappa shape index (κ2) is 6.96. The Morgan fingerprint density at radius 2 is 1.96 bits per heavy atom. The number of anilines is 1. The number of para-hydroxylation sites is 1. The summed E-state index contributed by atoms with van der Waals surface area (Å²) >= 11 is 0. The van der Waals surface area contributed by atoms with Crippen LogP contribution in [0.1, 0.15) is 21.8 Å². The average Bonchev–Trinajstić information content (AvgIpc) is 3.02. The van der Waals surface area contributed by atoms with E-state index in [0.717, 1.165) is 29.7 Å². The minimum atomic E-state index is -0.491. The normalized spacial score (nSPS) is 20.1. The Morgan fingerprint density at radius 3 is 2.70 bits per heavy atom. The van der Waals surface area contributed by atoms with Crippen LogP contribution in [0.2, 0.25) is 0 Å². The van der Waals surface area contributed by atoms with Crippen molar-refractivity contribution >= 4 is 22.5 Å². The number of nitrogens with one attached hydrogen (secondary N) is 1. The summed E-state index contributed by atoms with van der Waals surface area (Å²) in [5.74, 6) is -0.484. The molecule has 6 heteroatoms. The highest BCUT2D eigenvalue weighted by atomic mass is 19.1. The number of aromatic nitrogens is 1. The Kier molecular flexibility index (Phi) is 4.49. The Hall–Kier alpha value is -2.99. The number of carbonyl (C=O) groups excluding carboxylic acids is 1. The molecule has 1 amide bonds. The van der Waals surface area contributed by atoms with Gasteiger partial charge in [-0.05, 0) is 36.9 Å². The smallest absolute Gasteiger partial charge is 0.250 e. The van der Waals surface area contributed by atoms with Crippen molar-refractivity contribution in [2.45, 2.75) is 12.0 Å². The van der Waals surface area contributed by atoms with Gasteiger partial charge in [-0.3, -0.25) is 9.78 Å². The van der Waals surface area contributed by atoms with Gasteiger partial charge in [-0.15, -0.1) is 0 Å². The van der Waals surface area contributed by atoms with Crippen LogP contribution >= 0.6 is 0 Å². The van der Waals surface area contributed by atoms with Gasteiger partial charge in [0.1, 0.15) is 5.82 Å². The number of likely N-dealkylation sites (N-methyl/N-ethyl adjacent to an activating group) is 1. The molecule has 2 atom stereocenters. The molecule has 1 aliphatic heterocycles. The summed E-state index contributed by atoms with van der Waals surface area (Å²) in [6.07, 6.45) is 1.68. The first kappa shape index (κ1) is 17.4. The summed E-state index contributed by atoms with van der Waals surface area (Å²) in [5.41, 5.74) is 8.51. The fourth-order valence-electron chi connectivity index (χ4n) is 3.89. The number of nitrogens with zero attached hydrogens (tertiary/aromatic N) is 2. The molecule has 3 N–H and O–H groups in total. The van der Waals surface area contributed by atoms with Gasteiger partial charge in [-0.2, -0.15) is 0 Å². The lowest BCUT2D eigenvalue weighted by Crippen LogP contribution is -2.27. The van der Waals surface area contributed by atoms with E-state index >= 15 is 0 Å². The molecule has 1 aliphatic rings. The summed E-state index contributed by atoms with van der Waals surface area (Å²) < 4.78 is 13.3. The zero-order valence-corrected chi connectivity index (χ0v) is 15.0. The fraction of sp³-hybridized carbons (Fsp3) is 0.238. The number of hydrogen-bond acceptors (Lipinski definition) is 4. The third-order valence-corrected chi connectivity index (χ3v) is 5.18. The lowest BCUT2D eigenvalue weighted by Gasteiger charge is -2.22. The summed E-state index contributed by atoms with van der Waals surface area (Å²) in [7, 11) is 2.08. The number of rotatable bonds is 4. The van der Waals surface area contributed by atoms with Crippen LogP contribution < -0.4 is 11.1 Å². The molecule has 2 aromatic carbocycles. The van der Waals surface area contributed by atoms with Gasteiger partial charge in [-0.1, -0.05) is 24.3 Å². The van der Waals surface area contributed by atoms with Crippen LogP contribution in [0.3, 0.4) is 0 Å². The summed E-state index contributed by atoms with van der Waals surface area (Å²) in [6.45, 7) is 1.75. The predicted molar refractivity (Wildman–Crippen MR) is 104 cm³/mol. The third kappa shape index (κ3) is 3.36. The fourth-order valence-corrected chi connectivity index (χ4v) is 3.89. The van der Waals surface area contributed by atoms with E-state index in [2.05, 4.69) is 22.2 Å². The maximum atomic E-state index is 13.3. The van der Waals surface area contributed by atoms with Crippen molar-refractivity contribution in [3.63, 3.8) is 0 Å². The van der Waals surface area contributed by atoms with Crippen molar-refractivity contribution in [3.05, 3.63) is 71.7 Å². The van der Waals surface area contributed by atoms with E-state index in [-0.39, 0.29) is 17.8 Å². The van der Waals surface area contributed by atoms with Crippen LogP contribution in [0.15, 0.2) is 54.7 Å². The van der Waals surface area contributed by atoms with Crippen molar-refractivity contribution in [3.8, 4) is 0 Å². The highest BCUT2D eigenvalue weighted by molar-refractivity contribution is 6.07. The lowest BCUT2D eigenvalue weighted by atomic mass is 9.94. The van der Waals surface area contributed by atoms with Crippen LogP contribution in [-0.2, 0) is 0 Å². The minimum absolute atomic E-state index is 0.156. The Balaban J connectivity index is 1.69. The van der Waals surface area contributed by atoms with Gasteiger partial charge in [0.25, 0.3) is 5.91 Å². The maximum absolute atomic E-state index is 13.3. The number of likely N-dealkylation sites (tertiary alicyclic amines) is 1. The van der Waals surface area contributed by atoms with Crippen LogP contribution in [-0.4, -0.2) is 42.0 Å². The zero-order chi connectivity index (χ0) is 19.0. The van der Waals surface area contributed by atoms with Gasteiger partial charge in [0.2, 0.25) is 0 Å². The standard InChI is InChI=1S/C21H21FN4O/c1-26-11-17(13-5-7-14(22)8-6-13)19(12-26)25-18-9-10-24-20-15(18)3-2-4-16(20)21(23)27/h2-10,17,19H,11-12H2,1H3,(H2,23,27)(H,24,25). The van der Waals surface area contributed by atoms with Crippen LogP contribution in [0.5, 0.6) is 0 Å². The second-order valence-electron chi connectivity index (χ2n) is 7.05. The highest BCUT2D eigenvalue weighted by Gasteiger charge is 2.32. The number of carbonyl (C=O) groups is 1. The number of fused-ring (bicyclic) bond motifs is 1. The summed E-state index contributed by atoms with van der Waals surface area (Å²) in [5, 5.41) is 4.48. The van der Waals surface area contributed by atoms with E-state index in [4.69, 9.17) is 5.73 Å². The monoisotopic (exact) mass is 364 g/mol. The molecule has 0 radical (unpaired) electrons. The number of hydrogen-bond donors (Lipinski definition) is 2. The number of amides is 1. The van der Waals surface area contributed by atoms with Crippen LogP contribution in [0, 0.1) is 5.82 Å². The quantitative estimate of drug-likeness (QED) is 0.747. The number of primary amides is 1. The van der Waals surface area contributed by atoms with Crippen LogP contribution in [0.25, 0.3) is 10.9 Å². The Labute approximate surface area is 157 Å². The van der Waals surface area contributed by atoms with Crippen molar-refractivity contribution < 1.29 is 9.18 Å². The molecule has 138 valence electrons. The Morgan fingerprint density at radius 1 is 1.19 bits per heavy atom. The SMILES string of the molecule is CN1CC(Nc2ccnc3c(C(N)=O)cccc23)C(c2ccc(F)cc2)C1. The zero-order valence-electron chi connectivity index (χ0n) is 15.0. The van der Waals surface area contributed by atoms with Gasteiger partial charge < -0.3 is 16.0 Å². The minimum Gasteiger partial charge on any atom is -0.380 e. The third-order valence-electron chi connectivity index (χ3n) is 5.18. The number of benzene rings is 2. The van der Waals surface area contributed by atoms with Crippen molar-refractivity contribution in [1.29, 1.82) is 0 Å². The maximum Gasteiger partial charge on any atom is 0.250 e. The first-order valence-electron chi connectivity index (χ1n) is 8.91. The first-order valence-corrected chi connectivity index (χ1v) is 8.91. The number of nitrogens with two attached hydrogens (primary N) is 1. The molecule has 2 unspecified atom stereocenters. The molecular formula is C21H21FN4O. The second-order valence-corrected chi connectivity index (χ2v) is 7.05. The summed E-state index contributed by atoms with van der Waals surface area (Å²) in [4.78, 5) is 18.3. The molecule has 3 aromatic rings. The highest BCUT2D eigenvalue weighted by Crippen LogP contribution is 2.32. The van der Waals surface area contributed by atoms with E-state index in [1.807, 2.05) is 30.3 Å². The molecule has 0 saturated carbocycles. The molecule has 5 nitrogen and oxygen atoms in total. The van der Waals surface area contributed by atoms with Crippen molar-refractivity contribution in [2.75, 3.05) is 25.5 Å². The van der Waals surface area contributed by atoms with E-state index in [0.29, 0.717) is 11.1 Å². The van der Waals surface area contributed by atoms with Crippen molar-refractivity contribution in [2.24, 2.45) is 5.73 Å². The van der Waals surface area contributed by atoms with Gasteiger partial charge in [0.05, 0.1) is 11.1 Å². The molecule has 1 aromatic heterocycles. The number of pyridine rings is 1. The van der Waals surface area contributed by atoms with Gasteiger partial charge in [-0.25, -0.2) is 4.39 Å². The van der Waals surface area contributed by atoms with Gasteiger partial charge in [0, 0.05) is 42.3 Å². The first-order chi connectivity index (χ1) is 13.0. The van der Waals surface area contributed by atoms with E-state index < -0.39 is 5.91 Å². The molecule has 1 saturated heterocycles. The average molecular weight is 364 g/mol. The molecule has 0 spiro atoms. The predicted octanol–water partition coefficient (Wildman–Crippen LogP) is 2.98. The van der Waals surface area contributed by atoms with E-state index in [9.17, 15) is 9.18 Å². The van der Waals surface area contributed by atoms with E-state index in [1.165, 1.54) is 12.1 Å². The molecule has 4 rings (SSSR count). The Bertz CT molecular complexity index is 989. The molecule has 1 fully saturated rings. The van der Waals surface area contributed by atoms with Crippen LogP contribution in [0.4, 0.5) is 10.1 Å². The topological polar surface area (TPSA) is 71.2 Å². The number of halogens is 1. The molecular weight excluding hydrogens is 343 g/mol. The molecule has 0 bridgehead atoms. The van der Waals surface area contributed by atoms with Gasteiger partial charge in [0.15, 0.2) is 0 Å². The van der Waals surface area contributed by atoms with E-state index in [1.54, 1.807) is 12.3 Å². The van der Waals surface area contributed by atoms with Gasteiger partial charge >= 0.3 is 0 Å². The molecule has 0 aliphatic carbocycles. The molecule has 27 heavy (non-hydrogen) atoms. The lowest BCUT2D eigenvalue weighted by molar-refractivity contribution is 0.100. The molecule has 2 heterocycles.